The number of aromatic nitrogens is 1. The minimum Gasteiger partial charge on any atom is -0.340 e. The predicted octanol–water partition coefficient (Wildman–Crippen LogP) is 3.64. The minimum absolute atomic E-state index is 0.0346. The van der Waals surface area contributed by atoms with E-state index < -0.39 is 6.04 Å². The number of rotatable bonds is 5. The smallest absolute Gasteiger partial charge is 0.244 e. The Hall–Kier alpha value is -2.79. The number of carbonyl (C=O) groups excluding carboxylic acids is 1. The molecule has 0 spiro atoms. The van der Waals surface area contributed by atoms with Gasteiger partial charge in [-0.1, -0.05) is 30.3 Å². The molecule has 0 aliphatic carbocycles. The van der Waals surface area contributed by atoms with Crippen LogP contribution in [0.4, 0.5) is 4.39 Å². The molecule has 3 rings (SSSR count). The molecule has 1 atom stereocenters. The van der Waals surface area contributed by atoms with Gasteiger partial charge in [0.25, 0.3) is 0 Å². The monoisotopic (exact) mass is 351 g/mol. The lowest BCUT2D eigenvalue weighted by Crippen LogP contribution is -2.38. The van der Waals surface area contributed by atoms with Crippen molar-refractivity contribution in [2.24, 2.45) is 0 Å². The summed E-state index contributed by atoms with van der Waals surface area (Å²) in [5.74, 6) is -0.343. The van der Waals surface area contributed by atoms with Crippen LogP contribution in [0.1, 0.15) is 17.2 Å². The molecule has 0 fully saturated rings. The lowest BCUT2D eigenvalue weighted by molar-refractivity contribution is -0.135. The number of fused-ring (bicyclic) bond motifs is 1. The number of likely N-dealkylation sites (N-methyl/N-ethyl adjacent to an activating group) is 2. The fourth-order valence-corrected chi connectivity index (χ4v) is 3.18. The van der Waals surface area contributed by atoms with Crippen molar-refractivity contribution >= 4 is 16.7 Å². The van der Waals surface area contributed by atoms with E-state index in [-0.39, 0.29) is 11.7 Å². The third-order valence-corrected chi connectivity index (χ3v) is 4.49. The molecular formula is C21H22FN3O. The van der Waals surface area contributed by atoms with Crippen LogP contribution in [0.2, 0.25) is 0 Å². The van der Waals surface area contributed by atoms with Crippen LogP contribution < -0.4 is 0 Å². The number of amides is 1. The largest absolute Gasteiger partial charge is 0.340 e. The van der Waals surface area contributed by atoms with Gasteiger partial charge >= 0.3 is 0 Å². The summed E-state index contributed by atoms with van der Waals surface area (Å²) in [5, 5.41) is 2.14. The van der Waals surface area contributed by atoms with Gasteiger partial charge in [0, 0.05) is 31.4 Å². The third kappa shape index (κ3) is 3.73. The SMILES string of the molecule is CN(Cc1cccc2cnccc12)C(=O)[C@H](c1ccc(F)cc1)N(C)C. The second kappa shape index (κ2) is 7.62. The van der Waals surface area contributed by atoms with Crippen LogP contribution in [0.15, 0.2) is 60.9 Å². The molecule has 2 aromatic carbocycles. The summed E-state index contributed by atoms with van der Waals surface area (Å²) in [6.07, 6.45) is 3.58. The van der Waals surface area contributed by atoms with Gasteiger partial charge in [-0.2, -0.15) is 0 Å². The summed E-state index contributed by atoms with van der Waals surface area (Å²) >= 11 is 0. The molecule has 26 heavy (non-hydrogen) atoms. The number of carbonyl (C=O) groups is 1. The van der Waals surface area contributed by atoms with Gasteiger partial charge in [0.2, 0.25) is 5.91 Å². The van der Waals surface area contributed by atoms with E-state index in [9.17, 15) is 9.18 Å². The maximum Gasteiger partial charge on any atom is 0.244 e. The summed E-state index contributed by atoms with van der Waals surface area (Å²) in [4.78, 5) is 20.8. The van der Waals surface area contributed by atoms with E-state index in [1.807, 2.05) is 49.5 Å². The van der Waals surface area contributed by atoms with Crippen LogP contribution in [0.25, 0.3) is 10.8 Å². The van der Waals surface area contributed by atoms with Crippen molar-refractivity contribution in [2.45, 2.75) is 12.6 Å². The van der Waals surface area contributed by atoms with Gasteiger partial charge in [-0.3, -0.25) is 14.7 Å². The van der Waals surface area contributed by atoms with Gasteiger partial charge in [0.05, 0.1) is 0 Å². The molecule has 0 aliphatic rings. The van der Waals surface area contributed by atoms with Gasteiger partial charge in [-0.15, -0.1) is 0 Å². The van der Waals surface area contributed by atoms with Gasteiger partial charge in [0.1, 0.15) is 11.9 Å². The zero-order chi connectivity index (χ0) is 18.7. The molecule has 1 aromatic heterocycles. The Labute approximate surface area is 152 Å². The average Bonchev–Trinajstić information content (AvgIpc) is 2.63. The zero-order valence-corrected chi connectivity index (χ0v) is 15.2. The Morgan fingerprint density at radius 3 is 2.50 bits per heavy atom. The Balaban J connectivity index is 1.86. The Morgan fingerprint density at radius 2 is 1.81 bits per heavy atom. The van der Waals surface area contributed by atoms with Crippen molar-refractivity contribution < 1.29 is 9.18 Å². The fourth-order valence-electron chi connectivity index (χ4n) is 3.18. The highest BCUT2D eigenvalue weighted by molar-refractivity contribution is 5.86. The highest BCUT2D eigenvalue weighted by Crippen LogP contribution is 2.24. The van der Waals surface area contributed by atoms with Crippen molar-refractivity contribution in [3.63, 3.8) is 0 Å². The van der Waals surface area contributed by atoms with Crippen molar-refractivity contribution in [3.05, 3.63) is 77.9 Å². The molecule has 1 heterocycles. The first-order valence-corrected chi connectivity index (χ1v) is 8.46. The Morgan fingerprint density at radius 1 is 1.08 bits per heavy atom. The first-order valence-electron chi connectivity index (χ1n) is 8.46. The molecule has 0 saturated heterocycles. The molecular weight excluding hydrogens is 329 g/mol. The molecule has 0 radical (unpaired) electrons. The molecule has 1 amide bonds. The van der Waals surface area contributed by atoms with Crippen molar-refractivity contribution in [3.8, 4) is 0 Å². The highest BCUT2D eigenvalue weighted by Gasteiger charge is 2.26. The second-order valence-corrected chi connectivity index (χ2v) is 6.63. The van der Waals surface area contributed by atoms with E-state index in [4.69, 9.17) is 0 Å². The fraction of sp³-hybridized carbons (Fsp3) is 0.238. The Kier molecular flexibility index (Phi) is 5.28. The highest BCUT2D eigenvalue weighted by atomic mass is 19.1. The topological polar surface area (TPSA) is 36.4 Å². The first-order chi connectivity index (χ1) is 12.5. The normalized spacial score (nSPS) is 12.3. The summed E-state index contributed by atoms with van der Waals surface area (Å²) in [5.41, 5.74) is 1.84. The molecule has 0 aliphatic heterocycles. The number of nitrogens with zero attached hydrogens (tertiary/aromatic N) is 3. The van der Waals surface area contributed by atoms with Crippen LogP contribution >= 0.6 is 0 Å². The van der Waals surface area contributed by atoms with Gasteiger partial charge in [0.15, 0.2) is 0 Å². The summed E-state index contributed by atoms with van der Waals surface area (Å²) in [7, 11) is 5.50. The zero-order valence-electron chi connectivity index (χ0n) is 15.2. The Bertz CT molecular complexity index is 903. The van der Waals surface area contributed by atoms with E-state index in [0.29, 0.717) is 6.54 Å². The number of pyridine rings is 1. The van der Waals surface area contributed by atoms with Crippen LogP contribution in [0.3, 0.4) is 0 Å². The number of hydrogen-bond donors (Lipinski definition) is 0. The van der Waals surface area contributed by atoms with Crippen molar-refractivity contribution in [1.82, 2.24) is 14.8 Å². The average molecular weight is 351 g/mol. The maximum atomic E-state index is 13.2. The molecule has 4 nitrogen and oxygen atoms in total. The molecule has 3 aromatic rings. The van der Waals surface area contributed by atoms with Gasteiger partial charge in [-0.05, 0) is 48.8 Å². The second-order valence-electron chi connectivity index (χ2n) is 6.63. The van der Waals surface area contributed by atoms with E-state index in [2.05, 4.69) is 4.98 Å². The summed E-state index contributed by atoms with van der Waals surface area (Å²) in [6, 6.07) is 13.6. The van der Waals surface area contributed by atoms with E-state index >= 15 is 0 Å². The molecule has 0 unspecified atom stereocenters. The van der Waals surface area contributed by atoms with Gasteiger partial charge < -0.3 is 4.90 Å². The lowest BCUT2D eigenvalue weighted by atomic mass is 10.0. The quantitative estimate of drug-likeness (QED) is 0.704. The minimum atomic E-state index is -0.461. The van der Waals surface area contributed by atoms with Crippen LogP contribution in [-0.2, 0) is 11.3 Å². The summed E-state index contributed by atoms with van der Waals surface area (Å²) < 4.78 is 13.2. The lowest BCUT2D eigenvalue weighted by Gasteiger charge is -2.29. The van der Waals surface area contributed by atoms with Gasteiger partial charge in [-0.25, -0.2) is 4.39 Å². The summed E-state index contributed by atoms with van der Waals surface area (Å²) in [6.45, 7) is 0.492. The van der Waals surface area contributed by atoms with Crippen LogP contribution in [0, 0.1) is 5.82 Å². The van der Waals surface area contributed by atoms with Crippen LogP contribution in [0.5, 0.6) is 0 Å². The number of benzene rings is 2. The number of halogens is 1. The maximum absolute atomic E-state index is 13.2. The van der Waals surface area contributed by atoms with E-state index in [0.717, 1.165) is 21.9 Å². The molecule has 0 bridgehead atoms. The third-order valence-electron chi connectivity index (χ3n) is 4.49. The van der Waals surface area contributed by atoms with Crippen molar-refractivity contribution in [1.29, 1.82) is 0 Å². The predicted molar refractivity (Wildman–Crippen MR) is 101 cm³/mol. The molecule has 0 saturated carbocycles. The van der Waals surface area contributed by atoms with Crippen LogP contribution in [-0.4, -0.2) is 41.8 Å². The molecule has 5 heteroatoms. The number of hydrogen-bond acceptors (Lipinski definition) is 3. The van der Waals surface area contributed by atoms with Crippen molar-refractivity contribution in [2.75, 3.05) is 21.1 Å². The first kappa shape index (κ1) is 18.0. The molecule has 134 valence electrons. The molecule has 0 N–H and O–H groups in total. The standard InChI is InChI=1S/C21H22FN3O/c1-24(2)20(15-7-9-18(22)10-8-15)21(26)25(3)14-17-6-4-5-16-13-23-12-11-19(16)17/h4-13,20H,14H2,1-3H3/t20-/m0/s1. The van der Waals surface area contributed by atoms with E-state index in [1.54, 1.807) is 30.3 Å². The van der Waals surface area contributed by atoms with E-state index in [1.165, 1.54) is 12.1 Å².